The molecule has 0 bridgehead atoms. The summed E-state index contributed by atoms with van der Waals surface area (Å²) < 4.78 is 19.9. The fourth-order valence-corrected chi connectivity index (χ4v) is 3.66. The molecule has 8 heteroatoms. The number of hydrogen-bond acceptors (Lipinski definition) is 4. The van der Waals surface area contributed by atoms with Gasteiger partial charge in [-0.15, -0.1) is 35.3 Å². The first-order valence-electron chi connectivity index (χ1n) is 9.28. The highest BCUT2D eigenvalue weighted by Gasteiger charge is 2.22. The predicted molar refractivity (Wildman–Crippen MR) is 123 cm³/mol. The number of aliphatic imine (C=N–C) groups is 1. The van der Waals surface area contributed by atoms with Crippen molar-refractivity contribution in [2.45, 2.75) is 46.2 Å². The molecule has 1 saturated carbocycles. The first-order chi connectivity index (χ1) is 13.0. The molecule has 1 unspecified atom stereocenters. The maximum atomic E-state index is 14.3. The molecule has 0 saturated heterocycles. The fraction of sp³-hybridized carbons (Fsp3) is 0.500. The Labute approximate surface area is 187 Å². The minimum absolute atomic E-state index is 0. The molecular formula is C20H28FIN4OS. The second-order valence-electron chi connectivity index (χ2n) is 6.98. The summed E-state index contributed by atoms with van der Waals surface area (Å²) in [5, 5.41) is 7.65. The topological polar surface area (TPSA) is 58.5 Å². The van der Waals surface area contributed by atoms with E-state index in [-0.39, 0.29) is 35.8 Å². The summed E-state index contributed by atoms with van der Waals surface area (Å²) in [6.45, 7) is 7.26. The summed E-state index contributed by atoms with van der Waals surface area (Å²) >= 11 is 1.68. The molecule has 0 amide bonds. The van der Waals surface area contributed by atoms with Crippen molar-refractivity contribution in [3.05, 3.63) is 45.2 Å². The lowest BCUT2D eigenvalue weighted by atomic mass is 10.1. The van der Waals surface area contributed by atoms with Gasteiger partial charge in [0.15, 0.2) is 17.5 Å². The van der Waals surface area contributed by atoms with E-state index in [1.54, 1.807) is 24.5 Å². The zero-order valence-corrected chi connectivity index (χ0v) is 19.9. The van der Waals surface area contributed by atoms with Gasteiger partial charge in [0.2, 0.25) is 0 Å². The number of ether oxygens (including phenoxy) is 1. The minimum atomic E-state index is -0.319. The van der Waals surface area contributed by atoms with Crippen LogP contribution in [0.4, 0.5) is 4.39 Å². The summed E-state index contributed by atoms with van der Waals surface area (Å²) in [5.74, 6) is 1.28. The van der Waals surface area contributed by atoms with Crippen molar-refractivity contribution in [2.75, 3.05) is 13.7 Å². The van der Waals surface area contributed by atoms with Gasteiger partial charge in [-0.25, -0.2) is 9.37 Å². The van der Waals surface area contributed by atoms with Gasteiger partial charge in [0.25, 0.3) is 0 Å². The third-order valence-electron chi connectivity index (χ3n) is 4.62. The molecule has 28 heavy (non-hydrogen) atoms. The number of thiazole rings is 1. The Bertz CT molecular complexity index is 823. The highest BCUT2D eigenvalue weighted by Crippen LogP contribution is 2.30. The molecule has 1 fully saturated rings. The molecule has 2 N–H and O–H groups in total. The van der Waals surface area contributed by atoms with E-state index in [9.17, 15) is 4.39 Å². The van der Waals surface area contributed by atoms with E-state index in [1.165, 1.54) is 23.8 Å². The molecule has 1 aromatic carbocycles. The van der Waals surface area contributed by atoms with E-state index < -0.39 is 0 Å². The van der Waals surface area contributed by atoms with Gasteiger partial charge in [-0.2, -0.15) is 0 Å². The van der Waals surface area contributed by atoms with Crippen molar-refractivity contribution < 1.29 is 9.13 Å². The largest absolute Gasteiger partial charge is 0.490 e. The lowest BCUT2D eigenvalue weighted by Gasteiger charge is -2.19. The van der Waals surface area contributed by atoms with Crippen molar-refractivity contribution in [2.24, 2.45) is 10.9 Å². The first-order valence-corrected chi connectivity index (χ1v) is 10.1. The summed E-state index contributed by atoms with van der Waals surface area (Å²) in [7, 11) is 1.72. The van der Waals surface area contributed by atoms with Crippen LogP contribution in [0.5, 0.6) is 5.75 Å². The normalized spacial score (nSPS) is 15.0. The summed E-state index contributed by atoms with van der Waals surface area (Å²) in [6, 6.07) is 5.05. The van der Waals surface area contributed by atoms with Crippen molar-refractivity contribution in [1.29, 1.82) is 0 Å². The number of hydrogen-bond donors (Lipinski definition) is 2. The van der Waals surface area contributed by atoms with Crippen LogP contribution in [0.15, 0.2) is 23.2 Å². The third-order valence-corrected chi connectivity index (χ3v) is 5.69. The SMILES string of the molecule is CN=C(NCc1sc(C)nc1C)NC(C)c1ccc(OCC2CC2)c(F)c1.I. The van der Waals surface area contributed by atoms with E-state index in [4.69, 9.17) is 4.74 Å². The van der Waals surface area contributed by atoms with Crippen LogP contribution in [0.25, 0.3) is 0 Å². The van der Waals surface area contributed by atoms with Crippen molar-refractivity contribution in [1.82, 2.24) is 15.6 Å². The predicted octanol–water partition coefficient (Wildman–Crippen LogP) is 4.73. The first kappa shape index (κ1) is 22.9. The van der Waals surface area contributed by atoms with Gasteiger partial charge in [0.1, 0.15) is 0 Å². The number of aryl methyl sites for hydroxylation is 2. The lowest BCUT2D eigenvalue weighted by Crippen LogP contribution is -2.38. The van der Waals surface area contributed by atoms with E-state index in [0.29, 0.717) is 30.8 Å². The maximum absolute atomic E-state index is 14.3. The van der Waals surface area contributed by atoms with Crippen molar-refractivity contribution in [3.8, 4) is 5.75 Å². The Morgan fingerprint density at radius 3 is 2.71 bits per heavy atom. The van der Waals surface area contributed by atoms with E-state index in [2.05, 4.69) is 20.6 Å². The van der Waals surface area contributed by atoms with Crippen LogP contribution in [-0.2, 0) is 6.54 Å². The van der Waals surface area contributed by atoms with Gasteiger partial charge < -0.3 is 15.4 Å². The van der Waals surface area contributed by atoms with E-state index in [1.807, 2.05) is 26.8 Å². The number of nitrogens with zero attached hydrogens (tertiary/aromatic N) is 2. The molecular weight excluding hydrogens is 490 g/mol. The second-order valence-corrected chi connectivity index (χ2v) is 8.27. The average molecular weight is 518 g/mol. The highest BCUT2D eigenvalue weighted by atomic mass is 127. The number of benzene rings is 1. The Morgan fingerprint density at radius 1 is 1.39 bits per heavy atom. The van der Waals surface area contributed by atoms with Gasteiger partial charge in [-0.05, 0) is 57.2 Å². The molecule has 0 aliphatic heterocycles. The van der Waals surface area contributed by atoms with Crippen molar-refractivity contribution in [3.63, 3.8) is 0 Å². The molecule has 1 aromatic heterocycles. The zero-order chi connectivity index (χ0) is 19.4. The summed E-state index contributed by atoms with van der Waals surface area (Å²) in [4.78, 5) is 9.88. The van der Waals surface area contributed by atoms with E-state index in [0.717, 1.165) is 16.3 Å². The molecule has 1 aliphatic rings. The summed E-state index contributed by atoms with van der Waals surface area (Å²) in [6.07, 6.45) is 2.38. The Morgan fingerprint density at radius 2 is 2.14 bits per heavy atom. The van der Waals surface area contributed by atoms with Gasteiger partial charge >= 0.3 is 0 Å². The number of rotatable bonds is 7. The molecule has 1 aliphatic carbocycles. The van der Waals surface area contributed by atoms with Crippen LogP contribution >= 0.6 is 35.3 Å². The summed E-state index contributed by atoms with van der Waals surface area (Å²) in [5.41, 5.74) is 1.89. The third kappa shape index (κ3) is 6.30. The van der Waals surface area contributed by atoms with Crippen LogP contribution in [0, 0.1) is 25.6 Å². The molecule has 0 spiro atoms. The smallest absolute Gasteiger partial charge is 0.191 e. The molecule has 154 valence electrons. The molecule has 0 radical (unpaired) electrons. The van der Waals surface area contributed by atoms with Gasteiger partial charge in [-0.3, -0.25) is 4.99 Å². The average Bonchev–Trinajstić information content (AvgIpc) is 3.41. The van der Waals surface area contributed by atoms with Gasteiger partial charge in [0.05, 0.1) is 29.9 Å². The maximum Gasteiger partial charge on any atom is 0.191 e. The van der Waals surface area contributed by atoms with Crippen LogP contribution in [0.2, 0.25) is 0 Å². The lowest BCUT2D eigenvalue weighted by molar-refractivity contribution is 0.285. The molecule has 5 nitrogen and oxygen atoms in total. The molecule has 1 atom stereocenters. The second kappa shape index (κ2) is 10.4. The minimum Gasteiger partial charge on any atom is -0.490 e. The number of guanidine groups is 1. The van der Waals surface area contributed by atoms with Crippen LogP contribution in [-0.4, -0.2) is 24.6 Å². The van der Waals surface area contributed by atoms with Crippen LogP contribution in [0.1, 0.15) is 46.9 Å². The number of nitrogens with one attached hydrogen (secondary N) is 2. The number of halogens is 2. The quantitative estimate of drug-likeness (QED) is 0.316. The molecule has 1 heterocycles. The Balaban J connectivity index is 0.00000280. The zero-order valence-electron chi connectivity index (χ0n) is 16.7. The molecule has 3 rings (SSSR count). The Hall–Kier alpha value is -1.42. The number of aromatic nitrogens is 1. The van der Waals surface area contributed by atoms with Crippen LogP contribution in [0.3, 0.4) is 0 Å². The molecule has 2 aromatic rings. The highest BCUT2D eigenvalue weighted by molar-refractivity contribution is 14.0. The van der Waals surface area contributed by atoms with Crippen LogP contribution < -0.4 is 15.4 Å². The van der Waals surface area contributed by atoms with Gasteiger partial charge in [0, 0.05) is 11.9 Å². The fourth-order valence-electron chi connectivity index (χ4n) is 2.78. The standard InChI is InChI=1S/C20H27FN4OS.HI/c1-12(16-7-8-18(17(21)9-16)26-11-15-5-6-15)25-20(22-4)23-10-19-13(2)24-14(3)27-19;/h7-9,12,15H,5-6,10-11H2,1-4H3,(H2,22,23,25);1H. The monoisotopic (exact) mass is 518 g/mol. The van der Waals surface area contributed by atoms with Gasteiger partial charge in [-0.1, -0.05) is 6.07 Å². The van der Waals surface area contributed by atoms with Crippen molar-refractivity contribution >= 4 is 41.3 Å². The van der Waals surface area contributed by atoms with E-state index >= 15 is 0 Å². The Kier molecular flexibility index (Phi) is 8.48.